The van der Waals surface area contributed by atoms with E-state index in [2.05, 4.69) is 0 Å². The van der Waals surface area contributed by atoms with Crippen molar-refractivity contribution in [3.05, 3.63) is 53.1 Å². The summed E-state index contributed by atoms with van der Waals surface area (Å²) in [6.07, 6.45) is 0. The standard InChI is InChI=1S/C13H11ClN2S/c14-12-6-3-9(13(16)17)7-11(12)8-1-4-10(15)5-2-8/h1-7H,15H2,(H2,16,17). The lowest BCUT2D eigenvalue weighted by molar-refractivity contribution is 1.58. The van der Waals surface area contributed by atoms with Crippen LogP contribution in [0.3, 0.4) is 0 Å². The lowest BCUT2D eigenvalue weighted by Gasteiger charge is -2.07. The molecule has 0 heterocycles. The first-order chi connectivity index (χ1) is 8.08. The van der Waals surface area contributed by atoms with Gasteiger partial charge in [0.1, 0.15) is 4.99 Å². The maximum absolute atomic E-state index is 6.16. The van der Waals surface area contributed by atoms with Gasteiger partial charge in [0.15, 0.2) is 0 Å². The van der Waals surface area contributed by atoms with Crippen LogP contribution in [0.25, 0.3) is 11.1 Å². The van der Waals surface area contributed by atoms with E-state index in [9.17, 15) is 0 Å². The summed E-state index contributed by atoms with van der Waals surface area (Å²) in [7, 11) is 0. The van der Waals surface area contributed by atoms with Gasteiger partial charge in [-0.2, -0.15) is 0 Å². The second-order valence-electron chi connectivity index (χ2n) is 3.68. The fourth-order valence-electron chi connectivity index (χ4n) is 1.56. The number of hydrogen-bond donors (Lipinski definition) is 2. The van der Waals surface area contributed by atoms with Gasteiger partial charge < -0.3 is 11.5 Å². The van der Waals surface area contributed by atoms with Crippen LogP contribution in [-0.4, -0.2) is 4.99 Å². The van der Waals surface area contributed by atoms with Crippen LogP contribution in [0.1, 0.15) is 5.56 Å². The van der Waals surface area contributed by atoms with E-state index in [-0.39, 0.29) is 0 Å². The van der Waals surface area contributed by atoms with Crippen molar-refractivity contribution in [1.82, 2.24) is 0 Å². The summed E-state index contributed by atoms with van der Waals surface area (Å²) in [6, 6.07) is 13.0. The van der Waals surface area contributed by atoms with Gasteiger partial charge in [0, 0.05) is 21.8 Å². The Bertz CT molecular complexity index is 564. The van der Waals surface area contributed by atoms with Crippen LogP contribution in [0.15, 0.2) is 42.5 Å². The van der Waals surface area contributed by atoms with E-state index >= 15 is 0 Å². The Labute approximate surface area is 110 Å². The Morgan fingerprint density at radius 3 is 2.29 bits per heavy atom. The van der Waals surface area contributed by atoms with Crippen molar-refractivity contribution in [3.8, 4) is 11.1 Å². The number of nitrogen functional groups attached to an aromatic ring is 1. The molecule has 4 N–H and O–H groups in total. The third-order valence-corrected chi connectivity index (χ3v) is 3.04. The molecule has 0 spiro atoms. The van der Waals surface area contributed by atoms with Crippen LogP contribution in [0, 0.1) is 0 Å². The van der Waals surface area contributed by atoms with Crippen molar-refractivity contribution in [2.75, 3.05) is 5.73 Å². The van der Waals surface area contributed by atoms with Gasteiger partial charge in [-0.25, -0.2) is 0 Å². The molecule has 0 amide bonds. The van der Waals surface area contributed by atoms with E-state index in [1.165, 1.54) is 0 Å². The first-order valence-electron chi connectivity index (χ1n) is 5.03. The van der Waals surface area contributed by atoms with Gasteiger partial charge in [-0.1, -0.05) is 42.0 Å². The summed E-state index contributed by atoms with van der Waals surface area (Å²) in [4.78, 5) is 0.360. The zero-order chi connectivity index (χ0) is 12.4. The molecule has 0 radical (unpaired) electrons. The number of benzene rings is 2. The Morgan fingerprint density at radius 1 is 1.06 bits per heavy atom. The normalized spacial score (nSPS) is 10.2. The van der Waals surface area contributed by atoms with Crippen LogP contribution in [0.4, 0.5) is 5.69 Å². The molecule has 2 aromatic rings. The molecule has 2 aromatic carbocycles. The molecule has 86 valence electrons. The SMILES string of the molecule is NC(=S)c1ccc(Cl)c(-c2ccc(N)cc2)c1. The molecule has 0 aliphatic carbocycles. The lowest BCUT2D eigenvalue weighted by Crippen LogP contribution is -2.09. The van der Waals surface area contributed by atoms with E-state index < -0.39 is 0 Å². The average molecular weight is 263 g/mol. The third kappa shape index (κ3) is 2.57. The minimum atomic E-state index is 0.360. The Hall–Kier alpha value is -1.58. The van der Waals surface area contributed by atoms with Crippen molar-refractivity contribution >= 4 is 34.5 Å². The Balaban J connectivity index is 2.54. The second kappa shape index (κ2) is 4.73. The molecular weight excluding hydrogens is 252 g/mol. The molecule has 0 aliphatic rings. The largest absolute Gasteiger partial charge is 0.399 e. The van der Waals surface area contributed by atoms with Crippen molar-refractivity contribution in [3.63, 3.8) is 0 Å². The highest BCUT2D eigenvalue weighted by Crippen LogP contribution is 2.29. The van der Waals surface area contributed by atoms with Gasteiger partial charge in [0.05, 0.1) is 0 Å². The predicted molar refractivity (Wildman–Crippen MR) is 77.2 cm³/mol. The van der Waals surface area contributed by atoms with Gasteiger partial charge >= 0.3 is 0 Å². The summed E-state index contributed by atoms with van der Waals surface area (Å²) in [5.41, 5.74) is 14.7. The number of rotatable bonds is 2. The monoisotopic (exact) mass is 262 g/mol. The number of nitrogens with two attached hydrogens (primary N) is 2. The highest BCUT2D eigenvalue weighted by molar-refractivity contribution is 7.80. The molecule has 0 unspecified atom stereocenters. The van der Waals surface area contributed by atoms with Crippen LogP contribution in [0.5, 0.6) is 0 Å². The molecular formula is C13H11ClN2S. The predicted octanol–water partition coefficient (Wildman–Crippen LogP) is 3.22. The summed E-state index contributed by atoms with van der Waals surface area (Å²) in [6.45, 7) is 0. The molecule has 0 atom stereocenters. The molecule has 0 aliphatic heterocycles. The van der Waals surface area contributed by atoms with Crippen LogP contribution >= 0.6 is 23.8 Å². The Morgan fingerprint density at radius 2 is 1.71 bits per heavy atom. The second-order valence-corrected chi connectivity index (χ2v) is 4.53. The molecule has 0 saturated carbocycles. The quantitative estimate of drug-likeness (QED) is 0.645. The molecule has 0 saturated heterocycles. The molecule has 0 bridgehead atoms. The van der Waals surface area contributed by atoms with Crippen LogP contribution in [-0.2, 0) is 0 Å². The molecule has 4 heteroatoms. The van der Waals surface area contributed by atoms with E-state index in [4.69, 9.17) is 35.3 Å². The topological polar surface area (TPSA) is 52.0 Å². The first-order valence-corrected chi connectivity index (χ1v) is 5.82. The number of hydrogen-bond acceptors (Lipinski definition) is 2. The number of halogens is 1. The van der Waals surface area contributed by atoms with E-state index in [0.29, 0.717) is 10.0 Å². The van der Waals surface area contributed by atoms with Crippen LogP contribution < -0.4 is 11.5 Å². The van der Waals surface area contributed by atoms with Gasteiger partial charge in [0.2, 0.25) is 0 Å². The molecule has 17 heavy (non-hydrogen) atoms. The zero-order valence-electron chi connectivity index (χ0n) is 8.98. The fraction of sp³-hybridized carbons (Fsp3) is 0. The maximum Gasteiger partial charge on any atom is 0.104 e. The van der Waals surface area contributed by atoms with Crippen molar-refractivity contribution < 1.29 is 0 Å². The Kier molecular flexibility index (Phi) is 3.31. The molecule has 0 aromatic heterocycles. The minimum absolute atomic E-state index is 0.360. The summed E-state index contributed by atoms with van der Waals surface area (Å²) in [5, 5.41) is 0.662. The molecule has 2 nitrogen and oxygen atoms in total. The summed E-state index contributed by atoms with van der Waals surface area (Å²) < 4.78 is 0. The summed E-state index contributed by atoms with van der Waals surface area (Å²) in [5.74, 6) is 0. The van der Waals surface area contributed by atoms with Gasteiger partial charge in [-0.3, -0.25) is 0 Å². The minimum Gasteiger partial charge on any atom is -0.399 e. The number of thiocarbonyl (C=S) groups is 1. The zero-order valence-corrected chi connectivity index (χ0v) is 10.6. The van der Waals surface area contributed by atoms with Crippen LogP contribution in [0.2, 0.25) is 5.02 Å². The fourth-order valence-corrected chi connectivity index (χ4v) is 1.92. The maximum atomic E-state index is 6.16. The van der Waals surface area contributed by atoms with Crippen molar-refractivity contribution in [2.24, 2.45) is 5.73 Å². The average Bonchev–Trinajstić information content (AvgIpc) is 2.31. The van der Waals surface area contributed by atoms with Crippen molar-refractivity contribution in [2.45, 2.75) is 0 Å². The van der Waals surface area contributed by atoms with E-state index in [1.54, 1.807) is 6.07 Å². The van der Waals surface area contributed by atoms with Gasteiger partial charge in [-0.05, 0) is 29.8 Å². The number of anilines is 1. The summed E-state index contributed by atoms with van der Waals surface area (Å²) >= 11 is 11.1. The smallest absolute Gasteiger partial charge is 0.104 e. The lowest BCUT2D eigenvalue weighted by atomic mass is 10.0. The highest BCUT2D eigenvalue weighted by Gasteiger charge is 2.06. The molecule has 2 rings (SSSR count). The first kappa shape index (κ1) is 11.9. The van der Waals surface area contributed by atoms with E-state index in [0.717, 1.165) is 22.4 Å². The van der Waals surface area contributed by atoms with Gasteiger partial charge in [-0.15, -0.1) is 0 Å². The molecule has 0 fully saturated rings. The van der Waals surface area contributed by atoms with E-state index in [1.807, 2.05) is 36.4 Å². The van der Waals surface area contributed by atoms with Crippen molar-refractivity contribution in [1.29, 1.82) is 0 Å². The van der Waals surface area contributed by atoms with Gasteiger partial charge in [0.25, 0.3) is 0 Å². The highest BCUT2D eigenvalue weighted by atomic mass is 35.5. The third-order valence-electron chi connectivity index (χ3n) is 2.47.